The number of amides is 2. The second-order valence-corrected chi connectivity index (χ2v) is 10.7. The number of hydrogen-bond acceptors (Lipinski definition) is 6. The van der Waals surface area contributed by atoms with Gasteiger partial charge < -0.3 is 15.4 Å². The third kappa shape index (κ3) is 5.10. The van der Waals surface area contributed by atoms with E-state index in [0.29, 0.717) is 21.4 Å². The molecule has 11 heteroatoms. The lowest BCUT2D eigenvalue weighted by Gasteiger charge is -2.24. The van der Waals surface area contributed by atoms with Gasteiger partial charge in [-0.1, -0.05) is 6.92 Å². The fraction of sp³-hybridized carbons (Fsp3) is 0.435. The van der Waals surface area contributed by atoms with E-state index in [-0.39, 0.29) is 18.7 Å². The molecule has 1 aromatic heterocycles. The molecule has 0 radical (unpaired) electrons. The molecule has 6 nitrogen and oxygen atoms in total. The van der Waals surface area contributed by atoms with Crippen LogP contribution < -0.4 is 10.6 Å². The standard InChI is InChI=1S/C23H23F3N2O4S2/c1-3-32-22(31)19-13-6-4-11(2)8-16(13)34-21(19)28-18(29)10-17-20(30)27-14-9-12(23(24,25)26)5-7-15(14)33-17/h5,7,9,11,17H,3-4,6,8,10H2,1-2H3,(H,27,30)(H,28,29). The van der Waals surface area contributed by atoms with Crippen LogP contribution in [0.2, 0.25) is 0 Å². The molecule has 1 aliphatic heterocycles. The number of rotatable bonds is 5. The molecule has 2 unspecified atom stereocenters. The van der Waals surface area contributed by atoms with Crippen molar-refractivity contribution in [3.05, 3.63) is 39.8 Å². The van der Waals surface area contributed by atoms with E-state index in [4.69, 9.17) is 4.74 Å². The molecule has 0 bridgehead atoms. The van der Waals surface area contributed by atoms with Crippen molar-refractivity contribution in [2.24, 2.45) is 5.92 Å². The Balaban J connectivity index is 1.50. The van der Waals surface area contributed by atoms with Gasteiger partial charge in [0.2, 0.25) is 11.8 Å². The van der Waals surface area contributed by atoms with E-state index in [0.717, 1.165) is 53.6 Å². The van der Waals surface area contributed by atoms with E-state index in [9.17, 15) is 27.6 Å². The first-order chi connectivity index (χ1) is 16.1. The average Bonchev–Trinajstić information content (AvgIpc) is 3.10. The number of carbonyl (C=O) groups excluding carboxylic acids is 3. The van der Waals surface area contributed by atoms with Crippen LogP contribution in [0.15, 0.2) is 23.1 Å². The quantitative estimate of drug-likeness (QED) is 0.516. The molecule has 2 aromatic rings. The van der Waals surface area contributed by atoms with Crippen molar-refractivity contribution >= 4 is 51.6 Å². The summed E-state index contributed by atoms with van der Waals surface area (Å²) in [7, 11) is 0. The monoisotopic (exact) mass is 512 g/mol. The zero-order valence-electron chi connectivity index (χ0n) is 18.5. The molecule has 2 aliphatic rings. The summed E-state index contributed by atoms with van der Waals surface area (Å²) in [5.74, 6) is -1.01. The largest absolute Gasteiger partial charge is 0.462 e. The summed E-state index contributed by atoms with van der Waals surface area (Å²) in [5, 5.41) is 4.85. The third-order valence-corrected chi connectivity index (χ3v) is 8.19. The van der Waals surface area contributed by atoms with Crippen LogP contribution in [-0.2, 0) is 33.3 Å². The second kappa shape index (κ2) is 9.61. The Hall–Kier alpha value is -2.53. The van der Waals surface area contributed by atoms with Crippen LogP contribution in [-0.4, -0.2) is 29.6 Å². The highest BCUT2D eigenvalue weighted by Crippen LogP contribution is 2.42. The number of hydrogen-bond donors (Lipinski definition) is 2. The number of benzene rings is 1. The van der Waals surface area contributed by atoms with E-state index < -0.39 is 34.8 Å². The van der Waals surface area contributed by atoms with E-state index >= 15 is 0 Å². The minimum Gasteiger partial charge on any atom is -0.462 e. The van der Waals surface area contributed by atoms with E-state index in [1.807, 2.05) is 0 Å². The maximum atomic E-state index is 13.0. The van der Waals surface area contributed by atoms with Crippen LogP contribution in [0.4, 0.5) is 23.9 Å². The van der Waals surface area contributed by atoms with Gasteiger partial charge in [0.1, 0.15) is 5.00 Å². The zero-order valence-corrected chi connectivity index (χ0v) is 20.1. The van der Waals surface area contributed by atoms with Crippen LogP contribution >= 0.6 is 23.1 Å². The molecule has 2 N–H and O–H groups in total. The van der Waals surface area contributed by atoms with Crippen molar-refractivity contribution in [2.75, 3.05) is 17.2 Å². The molecule has 0 spiro atoms. The highest BCUT2D eigenvalue weighted by atomic mass is 32.2. The number of carbonyl (C=O) groups is 3. The average molecular weight is 513 g/mol. The summed E-state index contributed by atoms with van der Waals surface area (Å²) in [6, 6.07) is 3.13. The molecule has 34 heavy (non-hydrogen) atoms. The molecule has 0 fully saturated rings. The maximum Gasteiger partial charge on any atom is 0.416 e. The van der Waals surface area contributed by atoms with Crippen molar-refractivity contribution < 1.29 is 32.3 Å². The van der Waals surface area contributed by atoms with Gasteiger partial charge in [-0.3, -0.25) is 9.59 Å². The van der Waals surface area contributed by atoms with Crippen LogP contribution in [0.3, 0.4) is 0 Å². The maximum absolute atomic E-state index is 13.0. The molecule has 0 saturated heterocycles. The first kappa shape index (κ1) is 24.6. The van der Waals surface area contributed by atoms with E-state index in [1.165, 1.54) is 17.4 Å². The highest BCUT2D eigenvalue weighted by Gasteiger charge is 2.35. The lowest BCUT2D eigenvalue weighted by molar-refractivity contribution is -0.137. The first-order valence-corrected chi connectivity index (χ1v) is 12.6. The van der Waals surface area contributed by atoms with Gasteiger partial charge in [0, 0.05) is 16.2 Å². The summed E-state index contributed by atoms with van der Waals surface area (Å²) in [6.07, 6.45) is -2.22. The molecular formula is C23H23F3N2O4S2. The summed E-state index contributed by atoms with van der Waals surface area (Å²) in [5.41, 5.74) is 0.515. The SMILES string of the molecule is CCOC(=O)c1c(NC(=O)CC2Sc3ccc(C(F)(F)F)cc3NC2=O)sc2c1CCC(C)C2. The van der Waals surface area contributed by atoms with Gasteiger partial charge in [0.05, 0.1) is 28.7 Å². The van der Waals surface area contributed by atoms with Crippen molar-refractivity contribution in [3.63, 3.8) is 0 Å². The van der Waals surface area contributed by atoms with Gasteiger partial charge in [-0.15, -0.1) is 23.1 Å². The van der Waals surface area contributed by atoms with Crippen molar-refractivity contribution in [3.8, 4) is 0 Å². The fourth-order valence-electron chi connectivity index (χ4n) is 4.07. The van der Waals surface area contributed by atoms with E-state index in [2.05, 4.69) is 17.6 Å². The van der Waals surface area contributed by atoms with Crippen molar-refractivity contribution in [1.82, 2.24) is 0 Å². The van der Waals surface area contributed by atoms with Gasteiger partial charge in [-0.05, 0) is 55.9 Å². The number of ether oxygens (including phenoxy) is 1. The number of alkyl halides is 3. The van der Waals surface area contributed by atoms with Gasteiger partial charge in [-0.25, -0.2) is 4.79 Å². The zero-order chi connectivity index (χ0) is 24.6. The molecule has 2 heterocycles. The lowest BCUT2D eigenvalue weighted by atomic mass is 9.88. The summed E-state index contributed by atoms with van der Waals surface area (Å²) in [6.45, 7) is 4.06. The number of thioether (sulfide) groups is 1. The highest BCUT2D eigenvalue weighted by molar-refractivity contribution is 8.01. The smallest absolute Gasteiger partial charge is 0.416 e. The first-order valence-electron chi connectivity index (χ1n) is 10.9. The molecule has 2 amide bonds. The number of nitrogens with one attached hydrogen (secondary N) is 2. The summed E-state index contributed by atoms with van der Waals surface area (Å²) in [4.78, 5) is 39.5. The number of thiophene rings is 1. The fourth-order valence-corrected chi connectivity index (χ4v) is 6.57. The van der Waals surface area contributed by atoms with Gasteiger partial charge in [0.15, 0.2) is 0 Å². The second-order valence-electron chi connectivity index (χ2n) is 8.33. The van der Waals surface area contributed by atoms with Crippen LogP contribution in [0.25, 0.3) is 0 Å². The number of fused-ring (bicyclic) bond motifs is 2. The number of esters is 1. The van der Waals surface area contributed by atoms with Crippen molar-refractivity contribution in [2.45, 2.75) is 55.9 Å². The molecule has 4 rings (SSSR count). The Morgan fingerprint density at radius 2 is 2.06 bits per heavy atom. The Labute approximate surface area is 202 Å². The summed E-state index contributed by atoms with van der Waals surface area (Å²) >= 11 is 2.40. The Kier molecular flexibility index (Phi) is 6.95. The topological polar surface area (TPSA) is 84.5 Å². The van der Waals surface area contributed by atoms with Gasteiger partial charge in [-0.2, -0.15) is 13.2 Å². The van der Waals surface area contributed by atoms with Crippen LogP contribution in [0, 0.1) is 5.92 Å². The molecular weight excluding hydrogens is 489 g/mol. The lowest BCUT2D eigenvalue weighted by Crippen LogP contribution is -2.32. The van der Waals surface area contributed by atoms with Gasteiger partial charge >= 0.3 is 12.1 Å². The number of halogens is 3. The molecule has 2 atom stereocenters. The number of anilines is 2. The predicted molar refractivity (Wildman–Crippen MR) is 124 cm³/mol. The third-order valence-electron chi connectivity index (χ3n) is 5.74. The Morgan fingerprint density at radius 3 is 2.76 bits per heavy atom. The molecule has 1 aromatic carbocycles. The minimum atomic E-state index is -4.52. The van der Waals surface area contributed by atoms with Crippen LogP contribution in [0.5, 0.6) is 0 Å². The summed E-state index contributed by atoms with van der Waals surface area (Å²) < 4.78 is 44.1. The van der Waals surface area contributed by atoms with Crippen molar-refractivity contribution in [1.29, 1.82) is 0 Å². The minimum absolute atomic E-state index is 0.0751. The molecule has 182 valence electrons. The van der Waals surface area contributed by atoms with E-state index in [1.54, 1.807) is 6.92 Å². The Morgan fingerprint density at radius 1 is 1.29 bits per heavy atom. The Bertz CT molecular complexity index is 1150. The normalized spacial score (nSPS) is 19.6. The predicted octanol–water partition coefficient (Wildman–Crippen LogP) is 5.51. The van der Waals surface area contributed by atoms with Crippen LogP contribution in [0.1, 0.15) is 53.1 Å². The molecule has 0 saturated carbocycles. The van der Waals surface area contributed by atoms with Gasteiger partial charge in [0.25, 0.3) is 0 Å². The molecule has 1 aliphatic carbocycles.